The lowest BCUT2D eigenvalue weighted by atomic mass is 10.2. The van der Waals surface area contributed by atoms with E-state index < -0.39 is 6.61 Å². The number of ether oxygens (including phenoxy) is 1. The summed E-state index contributed by atoms with van der Waals surface area (Å²) >= 11 is 4.95. The Kier molecular flexibility index (Phi) is 7.57. The second kappa shape index (κ2) is 9.67. The quantitative estimate of drug-likeness (QED) is 0.516. The Morgan fingerprint density at radius 2 is 2.20 bits per heavy atom. The smallest absolute Gasteiger partial charge is 0.387 e. The number of hydrogen-bond acceptors (Lipinski definition) is 4. The van der Waals surface area contributed by atoms with Gasteiger partial charge in [0.2, 0.25) is 0 Å². The molecular weight excluding hydrogens is 414 g/mol. The van der Waals surface area contributed by atoms with Gasteiger partial charge in [0, 0.05) is 42.0 Å². The molecule has 1 heterocycles. The van der Waals surface area contributed by atoms with Gasteiger partial charge in [-0.15, -0.1) is 11.3 Å². The molecule has 0 saturated heterocycles. The molecule has 0 aliphatic carbocycles. The van der Waals surface area contributed by atoms with Gasteiger partial charge in [-0.3, -0.25) is 4.99 Å². The van der Waals surface area contributed by atoms with Crippen molar-refractivity contribution in [2.45, 2.75) is 26.5 Å². The van der Waals surface area contributed by atoms with E-state index in [2.05, 4.69) is 41.3 Å². The fraction of sp³-hybridized carbons (Fsp3) is 0.375. The first kappa shape index (κ1) is 19.6. The van der Waals surface area contributed by atoms with Crippen LogP contribution in [0.5, 0.6) is 5.75 Å². The van der Waals surface area contributed by atoms with E-state index in [4.69, 9.17) is 0 Å². The minimum atomic E-state index is -2.86. The van der Waals surface area contributed by atoms with Crippen molar-refractivity contribution >= 4 is 33.2 Å². The summed E-state index contributed by atoms with van der Waals surface area (Å²) in [6, 6.07) is 4.90. The number of aliphatic imine (C=N–C) groups is 1. The van der Waals surface area contributed by atoms with Crippen molar-refractivity contribution in [3.05, 3.63) is 44.3 Å². The number of guanidine groups is 1. The third-order valence-electron chi connectivity index (χ3n) is 3.25. The van der Waals surface area contributed by atoms with Crippen molar-refractivity contribution in [3.8, 4) is 5.75 Å². The monoisotopic (exact) mass is 432 g/mol. The third kappa shape index (κ3) is 6.58. The standard InChI is InChI=1S/C16H19BrF2N4OS/c1-10-23-13(9-25-10)5-6-21-16(20-2)22-8-11-7-12(17)3-4-14(11)24-15(18)19/h3-4,7,9,15H,5-6,8H2,1-2H3,(H2,20,21,22). The normalized spacial score (nSPS) is 11.7. The summed E-state index contributed by atoms with van der Waals surface area (Å²) in [4.78, 5) is 8.53. The topological polar surface area (TPSA) is 58.5 Å². The Morgan fingerprint density at radius 3 is 2.84 bits per heavy atom. The first-order chi connectivity index (χ1) is 12.0. The van der Waals surface area contributed by atoms with Gasteiger partial charge in [-0.05, 0) is 25.1 Å². The Bertz CT molecular complexity index is 724. The highest BCUT2D eigenvalue weighted by Crippen LogP contribution is 2.24. The van der Waals surface area contributed by atoms with Gasteiger partial charge < -0.3 is 15.4 Å². The van der Waals surface area contributed by atoms with Gasteiger partial charge in [-0.2, -0.15) is 8.78 Å². The molecule has 9 heteroatoms. The zero-order valence-corrected chi connectivity index (χ0v) is 16.3. The number of hydrogen-bond donors (Lipinski definition) is 2. The maximum Gasteiger partial charge on any atom is 0.387 e. The molecule has 1 aromatic heterocycles. The number of thiazole rings is 1. The minimum absolute atomic E-state index is 0.138. The molecule has 0 radical (unpaired) electrons. The lowest BCUT2D eigenvalue weighted by Crippen LogP contribution is -2.38. The molecule has 2 rings (SSSR count). The van der Waals surface area contributed by atoms with Crippen LogP contribution in [0.15, 0.2) is 33.0 Å². The fourth-order valence-electron chi connectivity index (χ4n) is 2.13. The van der Waals surface area contributed by atoms with Gasteiger partial charge in [0.05, 0.1) is 10.7 Å². The molecule has 0 aliphatic heterocycles. The van der Waals surface area contributed by atoms with Crippen LogP contribution in [-0.2, 0) is 13.0 Å². The highest BCUT2D eigenvalue weighted by atomic mass is 79.9. The molecule has 0 aliphatic rings. The minimum Gasteiger partial charge on any atom is -0.434 e. The zero-order chi connectivity index (χ0) is 18.2. The van der Waals surface area contributed by atoms with Crippen LogP contribution >= 0.6 is 27.3 Å². The lowest BCUT2D eigenvalue weighted by Gasteiger charge is -2.14. The van der Waals surface area contributed by atoms with Gasteiger partial charge in [0.25, 0.3) is 0 Å². The van der Waals surface area contributed by atoms with Crippen molar-refractivity contribution in [1.82, 2.24) is 15.6 Å². The molecule has 0 spiro atoms. The molecule has 0 atom stereocenters. The Balaban J connectivity index is 1.88. The summed E-state index contributed by atoms with van der Waals surface area (Å²) in [5, 5.41) is 9.34. The van der Waals surface area contributed by atoms with E-state index in [0.717, 1.165) is 21.6 Å². The highest BCUT2D eigenvalue weighted by molar-refractivity contribution is 9.10. The van der Waals surface area contributed by atoms with E-state index in [1.165, 1.54) is 6.07 Å². The molecule has 25 heavy (non-hydrogen) atoms. The number of nitrogens with one attached hydrogen (secondary N) is 2. The zero-order valence-electron chi connectivity index (χ0n) is 13.9. The first-order valence-corrected chi connectivity index (χ1v) is 9.24. The van der Waals surface area contributed by atoms with E-state index >= 15 is 0 Å². The maximum absolute atomic E-state index is 12.5. The Labute approximate surface area is 157 Å². The average molecular weight is 433 g/mol. The SMILES string of the molecule is CN=C(NCCc1csc(C)n1)NCc1cc(Br)ccc1OC(F)F. The summed E-state index contributed by atoms with van der Waals surface area (Å²) in [6.45, 7) is 0.0802. The Morgan fingerprint density at radius 1 is 1.40 bits per heavy atom. The molecular formula is C16H19BrF2N4OS. The fourth-order valence-corrected chi connectivity index (χ4v) is 3.18. The third-order valence-corrected chi connectivity index (χ3v) is 4.56. The van der Waals surface area contributed by atoms with E-state index in [1.807, 2.05) is 12.3 Å². The molecule has 5 nitrogen and oxygen atoms in total. The molecule has 136 valence electrons. The van der Waals surface area contributed by atoms with Crippen molar-refractivity contribution in [3.63, 3.8) is 0 Å². The number of halogens is 3. The van der Waals surface area contributed by atoms with Crippen LogP contribution < -0.4 is 15.4 Å². The summed E-state index contributed by atoms with van der Waals surface area (Å²) in [5.41, 5.74) is 1.64. The second-order valence-corrected chi connectivity index (χ2v) is 7.07. The van der Waals surface area contributed by atoms with E-state index in [0.29, 0.717) is 24.6 Å². The number of nitrogens with zero attached hydrogens (tertiary/aromatic N) is 2. The summed E-state index contributed by atoms with van der Waals surface area (Å²) < 4.78 is 30.3. The lowest BCUT2D eigenvalue weighted by molar-refractivity contribution is -0.0504. The summed E-state index contributed by atoms with van der Waals surface area (Å²) in [6.07, 6.45) is 0.779. The van der Waals surface area contributed by atoms with Crippen molar-refractivity contribution in [1.29, 1.82) is 0 Å². The predicted molar refractivity (Wildman–Crippen MR) is 99.5 cm³/mol. The van der Waals surface area contributed by atoms with Crippen LogP contribution in [-0.4, -0.2) is 31.1 Å². The maximum atomic E-state index is 12.5. The molecule has 2 N–H and O–H groups in total. The molecule has 0 amide bonds. The van der Waals surface area contributed by atoms with E-state index in [-0.39, 0.29) is 5.75 Å². The van der Waals surface area contributed by atoms with Crippen LogP contribution in [0, 0.1) is 6.92 Å². The number of benzene rings is 1. The molecule has 0 fully saturated rings. The van der Waals surface area contributed by atoms with Gasteiger partial charge in [-0.25, -0.2) is 4.98 Å². The van der Waals surface area contributed by atoms with Crippen LogP contribution in [0.1, 0.15) is 16.3 Å². The molecule has 1 aromatic carbocycles. The molecule has 2 aromatic rings. The molecule has 0 unspecified atom stereocenters. The van der Waals surface area contributed by atoms with E-state index in [9.17, 15) is 8.78 Å². The number of alkyl halides is 2. The summed E-state index contributed by atoms with van der Waals surface area (Å²) in [7, 11) is 1.65. The predicted octanol–water partition coefficient (Wildman–Crippen LogP) is 3.72. The van der Waals surface area contributed by atoms with E-state index in [1.54, 1.807) is 30.5 Å². The molecule has 0 bridgehead atoms. The van der Waals surface area contributed by atoms with Gasteiger partial charge in [0.1, 0.15) is 5.75 Å². The highest BCUT2D eigenvalue weighted by Gasteiger charge is 2.11. The van der Waals surface area contributed by atoms with Gasteiger partial charge in [-0.1, -0.05) is 15.9 Å². The average Bonchev–Trinajstić information content (AvgIpc) is 2.98. The van der Waals surface area contributed by atoms with Crippen LogP contribution in [0.25, 0.3) is 0 Å². The summed E-state index contributed by atoms with van der Waals surface area (Å²) in [5.74, 6) is 0.717. The van der Waals surface area contributed by atoms with Gasteiger partial charge >= 0.3 is 6.61 Å². The van der Waals surface area contributed by atoms with Crippen LogP contribution in [0.4, 0.5) is 8.78 Å². The number of aryl methyl sites for hydroxylation is 1. The van der Waals surface area contributed by atoms with Gasteiger partial charge in [0.15, 0.2) is 5.96 Å². The van der Waals surface area contributed by atoms with Crippen LogP contribution in [0.2, 0.25) is 0 Å². The van der Waals surface area contributed by atoms with Crippen molar-refractivity contribution in [2.24, 2.45) is 4.99 Å². The number of aromatic nitrogens is 1. The Hall–Kier alpha value is -1.74. The van der Waals surface area contributed by atoms with Crippen molar-refractivity contribution < 1.29 is 13.5 Å². The number of rotatable bonds is 7. The molecule has 0 saturated carbocycles. The largest absolute Gasteiger partial charge is 0.434 e. The first-order valence-electron chi connectivity index (χ1n) is 7.56. The van der Waals surface area contributed by atoms with Crippen LogP contribution in [0.3, 0.4) is 0 Å². The second-order valence-electron chi connectivity index (χ2n) is 5.09. The van der Waals surface area contributed by atoms with Crippen molar-refractivity contribution in [2.75, 3.05) is 13.6 Å².